The van der Waals surface area contributed by atoms with Crippen molar-refractivity contribution in [2.24, 2.45) is 0 Å². The molecule has 32 heavy (non-hydrogen) atoms. The maximum atomic E-state index is 14.0. The molecule has 2 aromatic rings. The van der Waals surface area contributed by atoms with Gasteiger partial charge in [-0.3, -0.25) is 19.4 Å². The van der Waals surface area contributed by atoms with Crippen molar-refractivity contribution >= 4 is 23.2 Å². The topological polar surface area (TPSA) is 65.1 Å². The Kier molecular flexibility index (Phi) is 6.90. The average Bonchev–Trinajstić information content (AvgIpc) is 2.81. The Morgan fingerprint density at radius 1 is 1.06 bits per heavy atom. The minimum atomic E-state index is -0.566. The number of amides is 2. The number of piperazine rings is 1. The fourth-order valence-electron chi connectivity index (χ4n) is 4.17. The summed E-state index contributed by atoms with van der Waals surface area (Å²) in [4.78, 5) is 31.1. The third kappa shape index (κ3) is 4.85. The van der Waals surface area contributed by atoms with Gasteiger partial charge in [0, 0.05) is 39.3 Å². The normalized spacial score (nSPS) is 18.8. The summed E-state index contributed by atoms with van der Waals surface area (Å²) in [6, 6.07) is 14.1. The van der Waals surface area contributed by atoms with Gasteiger partial charge >= 0.3 is 0 Å². The highest BCUT2D eigenvalue weighted by Gasteiger charge is 2.34. The molecule has 1 fully saturated rings. The summed E-state index contributed by atoms with van der Waals surface area (Å²) in [5.41, 5.74) is 1.27. The molecule has 0 spiro atoms. The zero-order chi connectivity index (χ0) is 22.5. The van der Waals surface area contributed by atoms with Crippen molar-refractivity contribution in [1.82, 2.24) is 10.2 Å². The van der Waals surface area contributed by atoms with Gasteiger partial charge < -0.3 is 15.0 Å². The van der Waals surface area contributed by atoms with Crippen LogP contribution in [0.25, 0.3) is 0 Å². The van der Waals surface area contributed by atoms with Gasteiger partial charge in [0.25, 0.3) is 5.91 Å². The summed E-state index contributed by atoms with van der Waals surface area (Å²) < 4.78 is 19.7. The van der Waals surface area contributed by atoms with Gasteiger partial charge in [0.05, 0.1) is 11.4 Å². The Morgan fingerprint density at radius 3 is 2.47 bits per heavy atom. The standard InChI is InChI=1S/C24H29FN4O3/c1-2-21-24(31)29(20-9-5-6-10-22(20)32-21)17-23(30)26-11-12-27-13-15-28(16-14-27)19-8-4-3-7-18(19)25/h3-10,21H,2,11-17H2,1H3,(H,26,30)/t21-/m0/s1. The first-order valence-corrected chi connectivity index (χ1v) is 11.1. The fourth-order valence-corrected chi connectivity index (χ4v) is 4.17. The number of hydrogen-bond acceptors (Lipinski definition) is 5. The number of rotatable bonds is 7. The zero-order valence-electron chi connectivity index (χ0n) is 18.3. The molecule has 1 saturated heterocycles. The summed E-state index contributed by atoms with van der Waals surface area (Å²) in [5, 5.41) is 2.92. The van der Waals surface area contributed by atoms with Gasteiger partial charge in [-0.25, -0.2) is 4.39 Å². The molecule has 0 unspecified atom stereocenters. The molecule has 0 radical (unpaired) electrons. The largest absolute Gasteiger partial charge is 0.478 e. The summed E-state index contributed by atoms with van der Waals surface area (Å²) in [6.07, 6.45) is -0.0205. The minimum Gasteiger partial charge on any atom is -0.478 e. The summed E-state index contributed by atoms with van der Waals surface area (Å²) in [7, 11) is 0. The van der Waals surface area contributed by atoms with Crippen LogP contribution in [0.2, 0.25) is 0 Å². The highest BCUT2D eigenvalue weighted by molar-refractivity contribution is 6.03. The van der Waals surface area contributed by atoms with Crippen molar-refractivity contribution < 1.29 is 18.7 Å². The second kappa shape index (κ2) is 9.99. The molecular weight excluding hydrogens is 411 g/mol. The highest BCUT2D eigenvalue weighted by Crippen LogP contribution is 2.34. The predicted molar refractivity (Wildman–Crippen MR) is 122 cm³/mol. The zero-order valence-corrected chi connectivity index (χ0v) is 18.3. The molecule has 0 aliphatic carbocycles. The van der Waals surface area contributed by atoms with Gasteiger partial charge in [-0.1, -0.05) is 31.2 Å². The first-order chi connectivity index (χ1) is 15.6. The first kappa shape index (κ1) is 22.1. The number of fused-ring (bicyclic) bond motifs is 1. The summed E-state index contributed by atoms with van der Waals surface area (Å²) in [5.74, 6) is 0.0396. The van der Waals surface area contributed by atoms with Gasteiger partial charge in [0.1, 0.15) is 18.1 Å². The van der Waals surface area contributed by atoms with E-state index in [1.807, 2.05) is 31.2 Å². The third-order valence-electron chi connectivity index (χ3n) is 5.95. The van der Waals surface area contributed by atoms with Gasteiger partial charge in [0.2, 0.25) is 5.91 Å². The number of hydrogen-bond donors (Lipinski definition) is 1. The second-order valence-electron chi connectivity index (χ2n) is 8.04. The molecule has 2 aliphatic rings. The Hall–Kier alpha value is -3.13. The number of nitrogens with zero attached hydrogens (tertiary/aromatic N) is 3. The van der Waals surface area contributed by atoms with E-state index < -0.39 is 6.10 Å². The van der Waals surface area contributed by atoms with Gasteiger partial charge in [0.15, 0.2) is 6.10 Å². The molecule has 2 aliphatic heterocycles. The highest BCUT2D eigenvalue weighted by atomic mass is 19.1. The molecule has 4 rings (SSSR count). The van der Waals surface area contributed by atoms with Crippen LogP contribution in [0.3, 0.4) is 0 Å². The van der Waals surface area contributed by atoms with Crippen molar-refractivity contribution in [3.05, 3.63) is 54.3 Å². The molecule has 1 N–H and O–H groups in total. The summed E-state index contributed by atoms with van der Waals surface area (Å²) >= 11 is 0. The number of benzene rings is 2. The van der Waals surface area contributed by atoms with Crippen LogP contribution in [-0.2, 0) is 9.59 Å². The van der Waals surface area contributed by atoms with Crippen LogP contribution in [0.4, 0.5) is 15.8 Å². The predicted octanol–water partition coefficient (Wildman–Crippen LogP) is 2.27. The van der Waals surface area contributed by atoms with Crippen molar-refractivity contribution in [2.75, 3.05) is 55.6 Å². The molecule has 0 bridgehead atoms. The molecular formula is C24H29FN4O3. The Labute approximate surface area is 187 Å². The fraction of sp³-hybridized carbons (Fsp3) is 0.417. The first-order valence-electron chi connectivity index (χ1n) is 11.1. The molecule has 0 aromatic heterocycles. The number of carbonyl (C=O) groups is 2. The number of anilines is 2. The second-order valence-corrected chi connectivity index (χ2v) is 8.04. The molecule has 8 heteroatoms. The monoisotopic (exact) mass is 440 g/mol. The van der Waals surface area contributed by atoms with Crippen molar-refractivity contribution in [2.45, 2.75) is 19.4 Å². The van der Waals surface area contributed by atoms with Crippen LogP contribution in [0.5, 0.6) is 5.75 Å². The lowest BCUT2D eigenvalue weighted by Crippen LogP contribution is -2.51. The van der Waals surface area contributed by atoms with E-state index in [0.717, 1.165) is 26.2 Å². The van der Waals surface area contributed by atoms with Crippen LogP contribution in [0, 0.1) is 5.82 Å². The maximum absolute atomic E-state index is 14.0. The number of halogens is 1. The number of nitrogens with one attached hydrogen (secondary N) is 1. The van der Waals surface area contributed by atoms with Crippen LogP contribution in [0.15, 0.2) is 48.5 Å². The van der Waals surface area contributed by atoms with Gasteiger partial charge in [-0.2, -0.15) is 0 Å². The van der Waals surface area contributed by atoms with Crippen LogP contribution >= 0.6 is 0 Å². The minimum absolute atomic E-state index is 0.0310. The number of ether oxygens (including phenoxy) is 1. The Morgan fingerprint density at radius 2 is 1.75 bits per heavy atom. The van der Waals surface area contributed by atoms with E-state index in [1.54, 1.807) is 18.2 Å². The molecule has 2 heterocycles. The van der Waals surface area contributed by atoms with E-state index in [4.69, 9.17) is 4.74 Å². The molecule has 1 atom stereocenters. The maximum Gasteiger partial charge on any atom is 0.268 e. The van der Waals surface area contributed by atoms with E-state index in [-0.39, 0.29) is 24.2 Å². The molecule has 2 amide bonds. The lowest BCUT2D eigenvalue weighted by molar-refractivity contribution is -0.129. The lowest BCUT2D eigenvalue weighted by atomic mass is 10.1. The van der Waals surface area contributed by atoms with E-state index in [0.29, 0.717) is 36.6 Å². The van der Waals surface area contributed by atoms with Crippen LogP contribution < -0.4 is 19.9 Å². The lowest BCUT2D eigenvalue weighted by Gasteiger charge is -2.36. The van der Waals surface area contributed by atoms with E-state index in [1.165, 1.54) is 11.0 Å². The Bertz CT molecular complexity index is 962. The van der Waals surface area contributed by atoms with Crippen LogP contribution in [0.1, 0.15) is 13.3 Å². The average molecular weight is 441 g/mol. The van der Waals surface area contributed by atoms with Gasteiger partial charge in [-0.15, -0.1) is 0 Å². The SMILES string of the molecule is CC[C@@H]1Oc2ccccc2N(CC(=O)NCCN2CCN(c3ccccc3F)CC2)C1=O. The van der Waals surface area contributed by atoms with Gasteiger partial charge in [-0.05, 0) is 30.7 Å². The molecule has 2 aromatic carbocycles. The van der Waals surface area contributed by atoms with E-state index >= 15 is 0 Å². The van der Waals surface area contributed by atoms with Crippen molar-refractivity contribution in [3.63, 3.8) is 0 Å². The third-order valence-corrected chi connectivity index (χ3v) is 5.95. The number of carbonyl (C=O) groups excluding carboxylic acids is 2. The summed E-state index contributed by atoms with van der Waals surface area (Å²) in [6.45, 7) is 6.16. The molecule has 7 nitrogen and oxygen atoms in total. The Balaban J connectivity index is 1.25. The molecule has 170 valence electrons. The smallest absolute Gasteiger partial charge is 0.268 e. The van der Waals surface area contributed by atoms with E-state index in [2.05, 4.69) is 15.1 Å². The van der Waals surface area contributed by atoms with E-state index in [9.17, 15) is 14.0 Å². The number of para-hydroxylation sites is 3. The van der Waals surface area contributed by atoms with Crippen molar-refractivity contribution in [1.29, 1.82) is 0 Å². The van der Waals surface area contributed by atoms with Crippen LogP contribution in [-0.4, -0.2) is 68.6 Å². The van der Waals surface area contributed by atoms with Crippen molar-refractivity contribution in [3.8, 4) is 5.75 Å². The quantitative estimate of drug-likeness (QED) is 0.716. The molecule has 0 saturated carbocycles.